The monoisotopic (exact) mass is 279 g/mol. The summed E-state index contributed by atoms with van der Waals surface area (Å²) < 4.78 is 22.6. The molecule has 1 aromatic rings. The number of imide groups is 1. The molecule has 100 valence electrons. The van der Waals surface area contributed by atoms with Gasteiger partial charge in [0.05, 0.1) is 11.4 Å². The molecule has 0 unspecified atom stereocenters. The molecule has 1 aliphatic rings. The zero-order valence-electron chi connectivity index (χ0n) is 10.6. The summed E-state index contributed by atoms with van der Waals surface area (Å²) in [5, 5.41) is 0. The second-order valence-corrected chi connectivity index (χ2v) is 6.49. The van der Waals surface area contributed by atoms with E-state index in [4.69, 9.17) is 0 Å². The average molecular weight is 279 g/mol. The van der Waals surface area contributed by atoms with E-state index in [0.29, 0.717) is 11.1 Å². The van der Waals surface area contributed by atoms with Gasteiger partial charge in [-0.15, -0.1) is 0 Å². The summed E-state index contributed by atoms with van der Waals surface area (Å²) in [4.78, 5) is 24.6. The third kappa shape index (κ3) is 2.73. The maximum Gasteiger partial charge on any atom is 0.256 e. The molecular formula is C13H13NO4S. The highest BCUT2D eigenvalue weighted by atomic mass is 32.2. The van der Waals surface area contributed by atoms with Crippen LogP contribution in [0.4, 0.5) is 0 Å². The van der Waals surface area contributed by atoms with Crippen molar-refractivity contribution in [3.63, 3.8) is 0 Å². The lowest BCUT2D eigenvalue weighted by atomic mass is 10.2. The Morgan fingerprint density at radius 3 is 2.11 bits per heavy atom. The molecule has 0 N–H and O–H groups in total. The second-order valence-electron chi connectivity index (χ2n) is 4.47. The Morgan fingerprint density at radius 1 is 1.11 bits per heavy atom. The van der Waals surface area contributed by atoms with Crippen LogP contribution in [0.1, 0.15) is 12.5 Å². The van der Waals surface area contributed by atoms with Crippen molar-refractivity contribution < 1.29 is 18.0 Å². The number of hydrogen-bond donors (Lipinski definition) is 0. The molecule has 0 aromatic heterocycles. The predicted molar refractivity (Wildman–Crippen MR) is 68.9 cm³/mol. The molecule has 0 spiro atoms. The Bertz CT molecular complexity index is 671. The van der Waals surface area contributed by atoms with Crippen LogP contribution in [0.25, 0.3) is 0 Å². The van der Waals surface area contributed by atoms with Crippen LogP contribution in [0, 0.1) is 0 Å². The third-order valence-corrected chi connectivity index (χ3v) is 4.01. The first kappa shape index (κ1) is 13.5. The topological polar surface area (TPSA) is 71.5 Å². The fourth-order valence-electron chi connectivity index (χ4n) is 1.81. The van der Waals surface area contributed by atoms with Crippen molar-refractivity contribution in [2.75, 3.05) is 6.26 Å². The normalized spacial score (nSPS) is 15.9. The summed E-state index contributed by atoms with van der Waals surface area (Å²) in [6.45, 7) is 1.74. The van der Waals surface area contributed by atoms with Gasteiger partial charge in [-0.2, -0.15) is 0 Å². The summed E-state index contributed by atoms with van der Waals surface area (Å²) in [5.41, 5.74) is 1.12. The van der Waals surface area contributed by atoms with E-state index in [1.807, 2.05) is 0 Å². The fraction of sp³-hybridized carbons (Fsp3) is 0.231. The van der Waals surface area contributed by atoms with Crippen LogP contribution >= 0.6 is 0 Å². The molecule has 0 saturated heterocycles. The number of amides is 2. The fourth-order valence-corrected chi connectivity index (χ4v) is 2.44. The largest absolute Gasteiger partial charge is 0.271 e. The van der Waals surface area contributed by atoms with Gasteiger partial charge in [0.15, 0.2) is 9.84 Å². The number of carbonyl (C=O) groups is 2. The van der Waals surface area contributed by atoms with E-state index in [1.54, 1.807) is 19.1 Å². The first-order valence-corrected chi connectivity index (χ1v) is 7.51. The highest BCUT2D eigenvalue weighted by molar-refractivity contribution is 7.90. The molecule has 6 heteroatoms. The molecule has 1 heterocycles. The van der Waals surface area contributed by atoms with E-state index >= 15 is 0 Å². The Kier molecular flexibility index (Phi) is 3.28. The molecule has 0 radical (unpaired) electrons. The van der Waals surface area contributed by atoms with Gasteiger partial charge in [0.2, 0.25) is 0 Å². The van der Waals surface area contributed by atoms with Crippen molar-refractivity contribution in [1.29, 1.82) is 0 Å². The number of nitrogens with zero attached hydrogens (tertiary/aromatic N) is 1. The van der Waals surface area contributed by atoms with E-state index in [1.165, 1.54) is 18.2 Å². The quantitative estimate of drug-likeness (QED) is 0.771. The average Bonchev–Trinajstić information content (AvgIpc) is 2.56. The van der Waals surface area contributed by atoms with E-state index in [9.17, 15) is 18.0 Å². The number of sulfone groups is 1. The van der Waals surface area contributed by atoms with Crippen LogP contribution in [0.15, 0.2) is 40.8 Å². The van der Waals surface area contributed by atoms with E-state index in [2.05, 4.69) is 0 Å². The lowest BCUT2D eigenvalue weighted by Gasteiger charge is -2.14. The van der Waals surface area contributed by atoms with Crippen molar-refractivity contribution in [2.45, 2.75) is 18.4 Å². The molecule has 19 heavy (non-hydrogen) atoms. The van der Waals surface area contributed by atoms with E-state index in [-0.39, 0.29) is 23.3 Å². The molecule has 5 nitrogen and oxygen atoms in total. The highest BCUT2D eigenvalue weighted by Gasteiger charge is 2.28. The number of benzene rings is 1. The maximum atomic E-state index is 11.7. The minimum atomic E-state index is -3.23. The van der Waals surface area contributed by atoms with Crippen LogP contribution in [-0.2, 0) is 26.0 Å². The molecule has 2 rings (SSSR count). The summed E-state index contributed by atoms with van der Waals surface area (Å²) in [6, 6.07) is 6.14. The SMILES string of the molecule is CC1=CC(=O)N(Cc2ccc(S(C)(=O)=O)cc2)C1=O. The van der Waals surface area contributed by atoms with Crippen LogP contribution in [0.2, 0.25) is 0 Å². The molecule has 1 aromatic carbocycles. The second kappa shape index (κ2) is 4.62. The highest BCUT2D eigenvalue weighted by Crippen LogP contribution is 2.17. The van der Waals surface area contributed by atoms with Crippen molar-refractivity contribution in [3.05, 3.63) is 41.5 Å². The van der Waals surface area contributed by atoms with Gasteiger partial charge >= 0.3 is 0 Å². The Labute approximate surface area is 111 Å². The molecular weight excluding hydrogens is 266 g/mol. The maximum absolute atomic E-state index is 11.7. The summed E-state index contributed by atoms with van der Waals surface area (Å²) >= 11 is 0. The van der Waals surface area contributed by atoms with Crippen molar-refractivity contribution in [2.24, 2.45) is 0 Å². The molecule has 0 bridgehead atoms. The van der Waals surface area contributed by atoms with Crippen LogP contribution in [0.5, 0.6) is 0 Å². The minimum Gasteiger partial charge on any atom is -0.271 e. The third-order valence-electron chi connectivity index (χ3n) is 2.88. The summed E-state index contributed by atoms with van der Waals surface area (Å²) in [5.74, 6) is -0.646. The molecule has 0 saturated carbocycles. The zero-order valence-corrected chi connectivity index (χ0v) is 11.4. The van der Waals surface area contributed by atoms with Gasteiger partial charge in [-0.05, 0) is 24.6 Å². The van der Waals surface area contributed by atoms with Gasteiger partial charge in [0.25, 0.3) is 11.8 Å². The summed E-state index contributed by atoms with van der Waals surface area (Å²) in [7, 11) is -3.23. The Morgan fingerprint density at radius 2 is 1.68 bits per heavy atom. The first-order chi connectivity index (χ1) is 8.79. The van der Waals surface area contributed by atoms with Crippen LogP contribution < -0.4 is 0 Å². The van der Waals surface area contributed by atoms with E-state index in [0.717, 1.165) is 11.2 Å². The smallest absolute Gasteiger partial charge is 0.256 e. The minimum absolute atomic E-state index is 0.148. The molecule has 1 aliphatic heterocycles. The summed E-state index contributed by atoms with van der Waals surface area (Å²) in [6.07, 6.45) is 2.43. The predicted octanol–water partition coefficient (Wildman–Crippen LogP) is 0.905. The van der Waals surface area contributed by atoms with Gasteiger partial charge in [0, 0.05) is 17.9 Å². The first-order valence-electron chi connectivity index (χ1n) is 5.62. The van der Waals surface area contributed by atoms with Gasteiger partial charge < -0.3 is 0 Å². The molecule has 0 atom stereocenters. The lowest BCUT2D eigenvalue weighted by molar-refractivity contribution is -0.137. The zero-order chi connectivity index (χ0) is 14.2. The molecule has 0 fully saturated rings. The Balaban J connectivity index is 2.18. The number of hydrogen-bond acceptors (Lipinski definition) is 4. The Hall–Kier alpha value is -1.95. The number of rotatable bonds is 3. The van der Waals surface area contributed by atoms with Crippen molar-refractivity contribution in [1.82, 2.24) is 4.90 Å². The standard InChI is InChI=1S/C13H13NO4S/c1-9-7-12(15)14(13(9)16)8-10-3-5-11(6-4-10)19(2,17)18/h3-7H,8H2,1-2H3. The van der Waals surface area contributed by atoms with Crippen molar-refractivity contribution in [3.8, 4) is 0 Å². The van der Waals surface area contributed by atoms with Gasteiger partial charge in [-0.3, -0.25) is 14.5 Å². The van der Waals surface area contributed by atoms with Crippen molar-refractivity contribution >= 4 is 21.7 Å². The van der Waals surface area contributed by atoms with Crippen LogP contribution in [0.3, 0.4) is 0 Å². The van der Waals surface area contributed by atoms with Gasteiger partial charge in [0.1, 0.15) is 0 Å². The van der Waals surface area contributed by atoms with E-state index < -0.39 is 9.84 Å². The molecule has 0 aliphatic carbocycles. The van der Waals surface area contributed by atoms with Crippen LogP contribution in [-0.4, -0.2) is 31.4 Å². The van der Waals surface area contributed by atoms with Gasteiger partial charge in [-0.25, -0.2) is 8.42 Å². The lowest BCUT2D eigenvalue weighted by Crippen LogP contribution is -2.30. The van der Waals surface area contributed by atoms with Gasteiger partial charge in [-0.1, -0.05) is 12.1 Å². The molecule has 2 amide bonds. The number of carbonyl (C=O) groups excluding carboxylic acids is 2.